The highest BCUT2D eigenvalue weighted by Crippen LogP contribution is 2.31. The van der Waals surface area contributed by atoms with Crippen LogP contribution in [0.15, 0.2) is 0 Å². The molecule has 106 valence electrons. The summed E-state index contributed by atoms with van der Waals surface area (Å²) in [4.78, 5) is 0. The highest BCUT2D eigenvalue weighted by molar-refractivity contribution is 7.86. The first-order chi connectivity index (χ1) is 8.16. The van der Waals surface area contributed by atoms with Gasteiger partial charge in [0.15, 0.2) is 0 Å². The van der Waals surface area contributed by atoms with Crippen molar-refractivity contribution >= 4 is 20.2 Å². The van der Waals surface area contributed by atoms with Crippen LogP contribution in [0.25, 0.3) is 0 Å². The fourth-order valence-electron chi connectivity index (χ4n) is 2.04. The Kier molecular flexibility index (Phi) is 3.69. The molecule has 0 radical (unpaired) electrons. The third kappa shape index (κ3) is 3.39. The Bertz CT molecular complexity index is 461. The molecule has 0 aliphatic carbocycles. The van der Waals surface area contributed by atoms with Gasteiger partial charge in [0.25, 0.3) is 20.2 Å². The summed E-state index contributed by atoms with van der Waals surface area (Å²) < 4.78 is 64.3. The Morgan fingerprint density at radius 3 is 1.44 bits per heavy atom. The summed E-state index contributed by atoms with van der Waals surface area (Å²) in [5, 5.41) is 0. The highest BCUT2D eigenvalue weighted by Gasteiger charge is 2.51. The molecule has 0 N–H and O–H groups in total. The Balaban J connectivity index is 2.03. The number of ether oxygens (including phenoxy) is 2. The van der Waals surface area contributed by atoms with Gasteiger partial charge in [-0.15, -0.1) is 0 Å². The molecule has 0 bridgehead atoms. The van der Waals surface area contributed by atoms with E-state index >= 15 is 0 Å². The van der Waals surface area contributed by atoms with Crippen LogP contribution < -0.4 is 0 Å². The minimum absolute atomic E-state index is 0.0199. The molecule has 18 heavy (non-hydrogen) atoms. The third-order valence-electron chi connectivity index (χ3n) is 2.56. The van der Waals surface area contributed by atoms with Gasteiger partial charge >= 0.3 is 0 Å². The van der Waals surface area contributed by atoms with Gasteiger partial charge in [0.05, 0.1) is 25.7 Å². The largest absolute Gasteiger partial charge is 0.370 e. The van der Waals surface area contributed by atoms with Crippen molar-refractivity contribution in [1.29, 1.82) is 0 Å². The van der Waals surface area contributed by atoms with E-state index in [9.17, 15) is 16.8 Å². The molecule has 0 saturated carbocycles. The standard InChI is InChI=1S/C8H14O8S2/c1-17(9,10)15-5-3-13-8-6(4-14-7(5)8)16-18(2,11)12/h5-8H,3-4H2,1-2H3/t5-,6+,7-,8+. The fourth-order valence-corrected chi connectivity index (χ4v) is 3.27. The summed E-state index contributed by atoms with van der Waals surface area (Å²) in [7, 11) is -7.24. The highest BCUT2D eigenvalue weighted by atomic mass is 32.2. The van der Waals surface area contributed by atoms with Crippen LogP contribution in [-0.2, 0) is 38.1 Å². The van der Waals surface area contributed by atoms with Crippen molar-refractivity contribution < 1.29 is 34.7 Å². The zero-order valence-electron chi connectivity index (χ0n) is 9.81. The van der Waals surface area contributed by atoms with E-state index in [1.54, 1.807) is 0 Å². The van der Waals surface area contributed by atoms with Gasteiger partial charge in [-0.05, 0) is 0 Å². The van der Waals surface area contributed by atoms with Crippen molar-refractivity contribution in [2.45, 2.75) is 24.4 Å². The summed E-state index contributed by atoms with van der Waals surface area (Å²) in [6, 6.07) is 0. The van der Waals surface area contributed by atoms with Crippen LogP contribution in [0.3, 0.4) is 0 Å². The van der Waals surface area contributed by atoms with Gasteiger partial charge in [-0.1, -0.05) is 0 Å². The second-order valence-corrected chi connectivity index (χ2v) is 7.47. The maximum absolute atomic E-state index is 11.0. The molecule has 8 nitrogen and oxygen atoms in total. The summed E-state index contributed by atoms with van der Waals surface area (Å²) in [5.41, 5.74) is 0. The lowest BCUT2D eigenvalue weighted by molar-refractivity contribution is 0.0226. The van der Waals surface area contributed by atoms with Crippen molar-refractivity contribution in [2.75, 3.05) is 25.7 Å². The lowest BCUT2D eigenvalue weighted by atomic mass is 10.1. The predicted octanol–water partition coefficient (Wildman–Crippen LogP) is -1.53. The summed E-state index contributed by atoms with van der Waals surface area (Å²) in [5.74, 6) is 0. The van der Waals surface area contributed by atoms with Crippen molar-refractivity contribution in [2.24, 2.45) is 0 Å². The van der Waals surface area contributed by atoms with Gasteiger partial charge in [0.2, 0.25) is 0 Å². The molecular formula is C8H14O8S2. The molecule has 0 aromatic heterocycles. The zero-order chi connectivity index (χ0) is 13.6. The maximum Gasteiger partial charge on any atom is 0.264 e. The van der Waals surface area contributed by atoms with Gasteiger partial charge < -0.3 is 9.47 Å². The number of fused-ring (bicyclic) bond motifs is 1. The lowest BCUT2D eigenvalue weighted by Crippen LogP contribution is -2.35. The van der Waals surface area contributed by atoms with E-state index in [0.29, 0.717) is 0 Å². The Labute approximate surface area is 105 Å². The molecule has 2 rings (SSSR count). The Hall–Kier alpha value is -0.260. The van der Waals surface area contributed by atoms with Gasteiger partial charge in [-0.2, -0.15) is 16.8 Å². The van der Waals surface area contributed by atoms with Crippen molar-refractivity contribution in [3.05, 3.63) is 0 Å². The number of hydrogen-bond donors (Lipinski definition) is 0. The van der Waals surface area contributed by atoms with Gasteiger partial charge in [0.1, 0.15) is 24.4 Å². The van der Waals surface area contributed by atoms with Crippen LogP contribution in [0.5, 0.6) is 0 Å². The van der Waals surface area contributed by atoms with Gasteiger partial charge in [-0.3, -0.25) is 8.37 Å². The molecule has 2 aliphatic heterocycles. The van der Waals surface area contributed by atoms with Crippen LogP contribution >= 0.6 is 0 Å². The summed E-state index contributed by atoms with van der Waals surface area (Å²) in [6.07, 6.45) is -0.936. The SMILES string of the molecule is CS(=O)(=O)O[C@H]1CO[C@H]2[C@H]1OC[C@H]2OS(C)(=O)=O. The van der Waals surface area contributed by atoms with Crippen molar-refractivity contribution in [3.8, 4) is 0 Å². The maximum atomic E-state index is 11.0. The molecule has 10 heteroatoms. The molecule has 0 aromatic rings. The fraction of sp³-hybridized carbons (Fsp3) is 1.00. The van der Waals surface area contributed by atoms with Gasteiger partial charge in [-0.25, -0.2) is 0 Å². The van der Waals surface area contributed by atoms with E-state index in [4.69, 9.17) is 17.8 Å². The monoisotopic (exact) mass is 302 g/mol. The minimum atomic E-state index is -3.62. The topological polar surface area (TPSA) is 105 Å². The van der Waals surface area contributed by atoms with Gasteiger partial charge in [0, 0.05) is 0 Å². The van der Waals surface area contributed by atoms with E-state index < -0.39 is 44.7 Å². The van der Waals surface area contributed by atoms with Crippen LogP contribution in [0, 0.1) is 0 Å². The van der Waals surface area contributed by atoms with E-state index in [0.717, 1.165) is 12.5 Å². The molecule has 4 atom stereocenters. The Morgan fingerprint density at radius 1 is 0.833 bits per heavy atom. The van der Waals surface area contributed by atoms with Crippen LogP contribution in [0.4, 0.5) is 0 Å². The third-order valence-corrected chi connectivity index (χ3v) is 3.75. The molecule has 0 amide bonds. The molecule has 2 fully saturated rings. The summed E-state index contributed by atoms with van der Waals surface area (Å²) in [6.45, 7) is 0.0397. The van der Waals surface area contributed by atoms with Crippen molar-refractivity contribution in [3.63, 3.8) is 0 Å². The molecule has 0 aromatic carbocycles. The molecule has 0 spiro atoms. The molecule has 2 aliphatic rings. The van der Waals surface area contributed by atoms with E-state index in [2.05, 4.69) is 0 Å². The smallest absolute Gasteiger partial charge is 0.264 e. The molecule has 2 saturated heterocycles. The summed E-state index contributed by atoms with van der Waals surface area (Å²) >= 11 is 0. The van der Waals surface area contributed by atoms with E-state index in [-0.39, 0.29) is 13.2 Å². The molecule has 0 unspecified atom stereocenters. The van der Waals surface area contributed by atoms with Crippen molar-refractivity contribution in [1.82, 2.24) is 0 Å². The first-order valence-electron chi connectivity index (χ1n) is 5.15. The second-order valence-electron chi connectivity index (χ2n) is 4.27. The normalized spacial score (nSPS) is 36.8. The quantitative estimate of drug-likeness (QED) is 0.576. The average molecular weight is 302 g/mol. The van der Waals surface area contributed by atoms with Crippen LogP contribution in [0.1, 0.15) is 0 Å². The first-order valence-corrected chi connectivity index (χ1v) is 8.79. The average Bonchev–Trinajstić information content (AvgIpc) is 2.66. The Morgan fingerprint density at radius 2 is 1.17 bits per heavy atom. The number of rotatable bonds is 4. The lowest BCUT2D eigenvalue weighted by Gasteiger charge is -2.15. The number of hydrogen-bond acceptors (Lipinski definition) is 8. The van der Waals surface area contributed by atoms with Crippen LogP contribution in [-0.4, -0.2) is 67.0 Å². The predicted molar refractivity (Wildman–Crippen MR) is 58.9 cm³/mol. The molecule has 2 heterocycles. The molecular weight excluding hydrogens is 288 g/mol. The van der Waals surface area contributed by atoms with E-state index in [1.165, 1.54) is 0 Å². The minimum Gasteiger partial charge on any atom is -0.370 e. The second kappa shape index (κ2) is 4.69. The first kappa shape index (κ1) is 14.2. The van der Waals surface area contributed by atoms with Crippen LogP contribution in [0.2, 0.25) is 0 Å². The zero-order valence-corrected chi connectivity index (χ0v) is 11.4. The van der Waals surface area contributed by atoms with E-state index in [1.807, 2.05) is 0 Å².